The van der Waals surface area contributed by atoms with E-state index in [-0.39, 0.29) is 40.6 Å². The number of rotatable bonds is 9. The Labute approximate surface area is 274 Å². The molecule has 0 aliphatic heterocycles. The summed E-state index contributed by atoms with van der Waals surface area (Å²) in [4.78, 5) is 18.1. The topological polar surface area (TPSA) is 105 Å². The summed E-state index contributed by atoms with van der Waals surface area (Å²) in [6.07, 6.45) is 2.77. The van der Waals surface area contributed by atoms with E-state index in [0.717, 1.165) is 22.8 Å². The van der Waals surface area contributed by atoms with Crippen LogP contribution in [0.15, 0.2) is 95.0 Å². The van der Waals surface area contributed by atoms with Crippen LogP contribution >= 0.6 is 11.6 Å². The minimum absolute atomic E-state index is 0.0904. The minimum atomic E-state index is -4.08. The number of nitrogens with zero attached hydrogens (tertiary/aromatic N) is 1. The largest absolute Gasteiger partial charge is 0.391 e. The van der Waals surface area contributed by atoms with Gasteiger partial charge in [0.25, 0.3) is 5.91 Å². The van der Waals surface area contributed by atoms with Crippen molar-refractivity contribution in [1.29, 1.82) is 0 Å². The van der Waals surface area contributed by atoms with Gasteiger partial charge in [0.1, 0.15) is 12.2 Å². The van der Waals surface area contributed by atoms with Crippen molar-refractivity contribution in [3.8, 4) is 11.1 Å². The van der Waals surface area contributed by atoms with Crippen LogP contribution in [-0.4, -0.2) is 36.5 Å². The van der Waals surface area contributed by atoms with Crippen molar-refractivity contribution in [2.45, 2.75) is 48.0 Å². The number of hydrogen-bond donors (Lipinski definition) is 2. The minimum Gasteiger partial charge on any atom is -0.391 e. The molecular formula is C35H30ClF3N2O5S. The van der Waals surface area contributed by atoms with Crippen LogP contribution in [0.25, 0.3) is 11.1 Å². The highest BCUT2D eigenvalue weighted by Gasteiger charge is 2.54. The van der Waals surface area contributed by atoms with E-state index >= 15 is 0 Å². The van der Waals surface area contributed by atoms with Gasteiger partial charge < -0.3 is 15.3 Å². The molecule has 0 radical (unpaired) electrons. The summed E-state index contributed by atoms with van der Waals surface area (Å²) >= 11 is 6.33. The number of amides is 1. The Hall–Kier alpha value is -4.19. The van der Waals surface area contributed by atoms with Crippen molar-refractivity contribution in [2.24, 2.45) is 17.0 Å². The fraction of sp³-hybridized carbons (Fsp3) is 0.257. The molecule has 0 heterocycles. The van der Waals surface area contributed by atoms with E-state index in [9.17, 15) is 31.5 Å². The molecule has 2 aliphatic rings. The molecule has 4 aromatic rings. The maximum absolute atomic E-state index is 14.0. The number of halogens is 4. The molecule has 0 saturated heterocycles. The summed E-state index contributed by atoms with van der Waals surface area (Å²) in [7, 11) is -4.08. The molecule has 2 N–H and O–H groups in total. The van der Waals surface area contributed by atoms with Crippen LogP contribution in [0, 0.1) is 29.3 Å². The predicted molar refractivity (Wildman–Crippen MR) is 172 cm³/mol. The van der Waals surface area contributed by atoms with Crippen LogP contribution < -0.4 is 5.32 Å². The molecule has 0 aromatic heterocycles. The van der Waals surface area contributed by atoms with Crippen LogP contribution in [0.1, 0.15) is 41.6 Å². The first-order chi connectivity index (χ1) is 22.4. The molecule has 0 spiro atoms. The van der Waals surface area contributed by atoms with Crippen LogP contribution in [0.3, 0.4) is 0 Å². The van der Waals surface area contributed by atoms with Crippen molar-refractivity contribution in [3.05, 3.63) is 119 Å². The van der Waals surface area contributed by atoms with Gasteiger partial charge in [0.05, 0.1) is 21.4 Å². The van der Waals surface area contributed by atoms with Gasteiger partial charge in [-0.25, -0.2) is 21.6 Å². The average molecular weight is 683 g/mol. The van der Waals surface area contributed by atoms with Gasteiger partial charge in [0.2, 0.25) is 0 Å². The molecule has 12 heteroatoms. The predicted octanol–water partition coefficient (Wildman–Crippen LogP) is 7.57. The number of anilines is 1. The summed E-state index contributed by atoms with van der Waals surface area (Å²) in [5.41, 5.74) is 1.24. The molecule has 47 heavy (non-hydrogen) atoms. The zero-order valence-electron chi connectivity index (χ0n) is 24.9. The number of benzene rings is 4. The van der Waals surface area contributed by atoms with E-state index < -0.39 is 55.9 Å². The summed E-state index contributed by atoms with van der Waals surface area (Å²) in [6.45, 7) is 0.193. The Kier molecular flexibility index (Phi) is 9.15. The number of carbonyl (C=O) groups is 1. The zero-order chi connectivity index (χ0) is 33.3. The summed E-state index contributed by atoms with van der Waals surface area (Å²) in [5, 5.41) is 16.7. The molecule has 1 amide bonds. The van der Waals surface area contributed by atoms with E-state index in [0.29, 0.717) is 25.0 Å². The highest BCUT2D eigenvalue weighted by Crippen LogP contribution is 2.51. The summed E-state index contributed by atoms with van der Waals surface area (Å²) < 4.78 is 68.5. The Bertz CT molecular complexity index is 1900. The fourth-order valence-corrected chi connectivity index (χ4v) is 9.54. The molecule has 244 valence electrons. The van der Waals surface area contributed by atoms with Crippen molar-refractivity contribution < 1.29 is 36.3 Å². The maximum Gasteiger partial charge on any atom is 0.255 e. The smallest absolute Gasteiger partial charge is 0.255 e. The molecule has 2 bridgehead atoms. The van der Waals surface area contributed by atoms with Crippen LogP contribution in [0.5, 0.6) is 0 Å². The average Bonchev–Trinajstić information content (AvgIpc) is 3.35. The number of nitrogens with one attached hydrogen (secondary N) is 1. The molecule has 7 nitrogen and oxygen atoms in total. The van der Waals surface area contributed by atoms with Gasteiger partial charge in [-0.2, -0.15) is 0 Å². The second kappa shape index (κ2) is 13.1. The van der Waals surface area contributed by atoms with Gasteiger partial charge in [-0.05, 0) is 72.4 Å². The van der Waals surface area contributed by atoms with Gasteiger partial charge in [0.15, 0.2) is 27.3 Å². The van der Waals surface area contributed by atoms with Crippen molar-refractivity contribution in [3.63, 3.8) is 0 Å². The molecule has 2 atom stereocenters. The molecule has 2 unspecified atom stereocenters. The second-order valence-electron chi connectivity index (χ2n) is 12.0. The van der Waals surface area contributed by atoms with Gasteiger partial charge >= 0.3 is 0 Å². The Morgan fingerprint density at radius 3 is 2.19 bits per heavy atom. The van der Waals surface area contributed by atoms with Gasteiger partial charge in [-0.1, -0.05) is 71.4 Å². The highest BCUT2D eigenvalue weighted by atomic mass is 35.5. The lowest BCUT2D eigenvalue weighted by Gasteiger charge is -2.38. The normalized spacial score (nSPS) is 22.4. The first kappa shape index (κ1) is 32.7. The summed E-state index contributed by atoms with van der Waals surface area (Å²) in [5.74, 6) is -6.33. The number of carbonyl (C=O) groups excluding carboxylic acids is 1. The number of oxime groups is 1. The SMILES string of the molecule is O=C(Nc1cc(F)c(F)c(F)c1)c1ccc(Cl)c(S(=O)(=O)[C@H]2C3CCC2C[C@](O)(/C=N/OCc2ccc(-c4ccccc4)cc2)C3)c1. The molecule has 6 rings (SSSR count). The van der Waals surface area contributed by atoms with Crippen LogP contribution in [0.2, 0.25) is 5.02 Å². The van der Waals surface area contributed by atoms with Crippen molar-refractivity contribution in [1.82, 2.24) is 0 Å². The molecule has 2 aliphatic carbocycles. The number of fused-ring (bicyclic) bond motifs is 2. The third-order valence-corrected chi connectivity index (χ3v) is 11.7. The van der Waals surface area contributed by atoms with Crippen molar-refractivity contribution in [2.75, 3.05) is 5.32 Å². The Balaban J connectivity index is 1.11. The van der Waals surface area contributed by atoms with E-state index in [1.807, 2.05) is 54.6 Å². The standard InChI is InChI=1S/C35H30ClF3N2O5S/c36-28-13-12-24(34(42)41-27-15-29(37)32(39)30(38)16-27)14-31(28)47(44,45)33-25-10-11-26(33)18-35(43,17-25)20-40-46-19-21-6-8-23(9-7-21)22-4-2-1-3-5-22/h1-9,12-16,20,25-26,33,43H,10-11,17-19H2,(H,41,42)/b40-20+/t25?,26?,33-,35-. The van der Waals surface area contributed by atoms with Gasteiger partial charge in [-0.3, -0.25) is 4.79 Å². The zero-order valence-corrected chi connectivity index (χ0v) is 26.4. The molecular weight excluding hydrogens is 653 g/mol. The monoisotopic (exact) mass is 682 g/mol. The van der Waals surface area contributed by atoms with E-state index in [1.54, 1.807) is 0 Å². The lowest BCUT2D eigenvalue weighted by atomic mass is 9.78. The lowest BCUT2D eigenvalue weighted by molar-refractivity contribution is 0.0411. The summed E-state index contributed by atoms with van der Waals surface area (Å²) in [6, 6.07) is 22.7. The highest BCUT2D eigenvalue weighted by molar-refractivity contribution is 7.92. The number of hydrogen-bond acceptors (Lipinski definition) is 6. The Morgan fingerprint density at radius 1 is 0.936 bits per heavy atom. The number of sulfone groups is 1. The fourth-order valence-electron chi connectivity index (χ4n) is 6.69. The second-order valence-corrected chi connectivity index (χ2v) is 14.5. The van der Waals surface area contributed by atoms with Crippen LogP contribution in [-0.2, 0) is 21.3 Å². The lowest BCUT2D eigenvalue weighted by Crippen LogP contribution is -2.47. The van der Waals surface area contributed by atoms with Gasteiger partial charge in [-0.15, -0.1) is 0 Å². The van der Waals surface area contributed by atoms with Gasteiger partial charge in [0, 0.05) is 23.4 Å². The van der Waals surface area contributed by atoms with Crippen LogP contribution in [0.4, 0.5) is 18.9 Å². The first-order valence-electron chi connectivity index (χ1n) is 15.0. The van der Waals surface area contributed by atoms with E-state index in [2.05, 4.69) is 10.5 Å². The maximum atomic E-state index is 14.0. The quantitative estimate of drug-likeness (QED) is 0.108. The Morgan fingerprint density at radius 2 is 1.55 bits per heavy atom. The molecule has 2 saturated carbocycles. The molecule has 2 fully saturated rings. The third-order valence-electron chi connectivity index (χ3n) is 8.83. The van der Waals surface area contributed by atoms with E-state index in [1.165, 1.54) is 18.3 Å². The number of aliphatic hydroxyl groups is 1. The third kappa shape index (κ3) is 6.93. The first-order valence-corrected chi connectivity index (χ1v) is 16.9. The van der Waals surface area contributed by atoms with E-state index in [4.69, 9.17) is 16.4 Å². The van der Waals surface area contributed by atoms with Crippen molar-refractivity contribution >= 4 is 39.2 Å². The molecule has 4 aromatic carbocycles.